The van der Waals surface area contributed by atoms with E-state index in [1.165, 1.54) is 6.08 Å². The summed E-state index contributed by atoms with van der Waals surface area (Å²) in [5, 5.41) is 22.7. The van der Waals surface area contributed by atoms with Gasteiger partial charge in [-0.25, -0.2) is 0 Å². The lowest BCUT2D eigenvalue weighted by Crippen LogP contribution is -2.09. The van der Waals surface area contributed by atoms with Crippen LogP contribution in [-0.4, -0.2) is 16.1 Å². The highest BCUT2D eigenvalue weighted by molar-refractivity contribution is 14.1. The molecule has 0 unspecified atom stereocenters. The quantitative estimate of drug-likeness (QED) is 0.221. The highest BCUT2D eigenvalue weighted by atomic mass is 127. The Morgan fingerprint density at radius 1 is 1.28 bits per heavy atom. The van der Waals surface area contributed by atoms with Gasteiger partial charge in [0.15, 0.2) is 0 Å². The number of aromatic hydroxyl groups is 1. The zero-order valence-corrected chi connectivity index (χ0v) is 15.8. The van der Waals surface area contributed by atoms with E-state index in [1.807, 2.05) is 0 Å². The normalized spacial score (nSPS) is 12.2. The molecule has 0 spiro atoms. The molecular formula is C19H21IN2O3. The van der Waals surface area contributed by atoms with Crippen LogP contribution in [0, 0.1) is 3.57 Å². The van der Waals surface area contributed by atoms with Gasteiger partial charge >= 0.3 is 0 Å². The predicted molar refractivity (Wildman–Crippen MR) is 108 cm³/mol. The Kier molecular flexibility index (Phi) is 7.27. The average molecular weight is 452 g/mol. The van der Waals surface area contributed by atoms with Crippen molar-refractivity contribution in [1.82, 2.24) is 0 Å². The number of carbonyl (C=O) groups is 1. The zero-order chi connectivity index (χ0) is 18.2. The van der Waals surface area contributed by atoms with Crippen molar-refractivity contribution in [3.05, 3.63) is 63.8 Å². The molecule has 0 aliphatic rings. The second-order valence-corrected chi connectivity index (χ2v) is 6.87. The fourth-order valence-corrected chi connectivity index (χ4v) is 2.87. The predicted octanol–water partition coefficient (Wildman–Crippen LogP) is 3.98. The third-order valence-corrected chi connectivity index (χ3v) is 4.36. The molecule has 5 N–H and O–H groups in total. The van der Waals surface area contributed by atoms with Crippen LogP contribution in [0.15, 0.2) is 54.6 Å². The number of nitrogens with one attached hydrogen (secondary N) is 1. The number of amides is 1. The van der Waals surface area contributed by atoms with Crippen molar-refractivity contribution in [2.75, 3.05) is 11.1 Å². The summed E-state index contributed by atoms with van der Waals surface area (Å²) in [4.78, 5) is 11.8. The minimum absolute atomic E-state index is 0.100. The number of hydrogen-bond acceptors (Lipinski definition) is 4. The lowest BCUT2D eigenvalue weighted by molar-refractivity contribution is -0.111. The minimum Gasteiger partial charge on any atom is -0.508 e. The van der Waals surface area contributed by atoms with Gasteiger partial charge in [-0.3, -0.25) is 4.79 Å². The van der Waals surface area contributed by atoms with Crippen LogP contribution < -0.4 is 11.1 Å². The van der Waals surface area contributed by atoms with Crippen molar-refractivity contribution in [1.29, 1.82) is 0 Å². The Balaban J connectivity index is 1.76. The van der Waals surface area contributed by atoms with E-state index < -0.39 is 6.10 Å². The lowest BCUT2D eigenvalue weighted by atomic mass is 10.0. The summed E-state index contributed by atoms with van der Waals surface area (Å²) in [5.74, 6) is -0.142. The summed E-state index contributed by atoms with van der Waals surface area (Å²) in [6, 6.07) is 12.2. The number of anilines is 2. The van der Waals surface area contributed by atoms with E-state index in [1.54, 1.807) is 48.5 Å². The maximum absolute atomic E-state index is 11.8. The number of phenols is 1. The van der Waals surface area contributed by atoms with Gasteiger partial charge < -0.3 is 21.3 Å². The van der Waals surface area contributed by atoms with Crippen LogP contribution in [0.2, 0.25) is 0 Å². The van der Waals surface area contributed by atoms with Crippen LogP contribution in [-0.2, 0) is 4.79 Å². The van der Waals surface area contributed by atoms with Crippen molar-refractivity contribution in [2.45, 2.75) is 25.4 Å². The number of aliphatic hydroxyl groups excluding tert-OH is 1. The molecule has 132 valence electrons. The van der Waals surface area contributed by atoms with Crippen molar-refractivity contribution < 1.29 is 15.0 Å². The number of nitrogen functional groups attached to an aromatic ring is 1. The highest BCUT2D eigenvalue weighted by Gasteiger charge is 2.12. The van der Waals surface area contributed by atoms with Crippen LogP contribution in [0.3, 0.4) is 0 Å². The van der Waals surface area contributed by atoms with E-state index in [2.05, 4.69) is 27.9 Å². The SMILES string of the molecule is Nc1ccccc1NC(=O)/C=C/CCC[C@H](O)c1cc(I)ccc1O. The van der Waals surface area contributed by atoms with E-state index in [-0.39, 0.29) is 11.7 Å². The van der Waals surface area contributed by atoms with Gasteiger partial charge in [-0.15, -0.1) is 0 Å². The van der Waals surface area contributed by atoms with E-state index >= 15 is 0 Å². The lowest BCUT2D eigenvalue weighted by Gasteiger charge is -2.12. The maximum atomic E-state index is 11.8. The molecule has 0 heterocycles. The Hall–Kier alpha value is -2.06. The molecular weight excluding hydrogens is 431 g/mol. The topological polar surface area (TPSA) is 95.6 Å². The molecule has 2 aromatic rings. The number of halogens is 1. The molecule has 0 aromatic heterocycles. The average Bonchev–Trinajstić information content (AvgIpc) is 2.58. The van der Waals surface area contributed by atoms with Crippen LogP contribution in [0.5, 0.6) is 5.75 Å². The molecule has 0 fully saturated rings. The van der Waals surface area contributed by atoms with Crippen LogP contribution in [0.4, 0.5) is 11.4 Å². The van der Waals surface area contributed by atoms with Gasteiger partial charge in [-0.05, 0) is 78.3 Å². The molecule has 0 aliphatic heterocycles. The van der Waals surface area contributed by atoms with Gasteiger partial charge in [0.2, 0.25) is 5.91 Å². The van der Waals surface area contributed by atoms with Gasteiger partial charge in [0, 0.05) is 9.13 Å². The minimum atomic E-state index is -0.721. The largest absolute Gasteiger partial charge is 0.508 e. The number of allylic oxidation sites excluding steroid dienone is 1. The number of aliphatic hydroxyl groups is 1. The Morgan fingerprint density at radius 3 is 2.80 bits per heavy atom. The summed E-state index contributed by atoms with van der Waals surface area (Å²) >= 11 is 2.14. The molecule has 0 bridgehead atoms. The Labute approximate surface area is 160 Å². The van der Waals surface area contributed by atoms with Crippen LogP contribution in [0.1, 0.15) is 30.9 Å². The number of carbonyl (C=O) groups excluding carboxylic acids is 1. The van der Waals surface area contributed by atoms with Crippen molar-refractivity contribution in [2.24, 2.45) is 0 Å². The summed E-state index contributed by atoms with van der Waals surface area (Å²) in [7, 11) is 0. The Morgan fingerprint density at radius 2 is 2.04 bits per heavy atom. The monoisotopic (exact) mass is 452 g/mol. The molecule has 25 heavy (non-hydrogen) atoms. The van der Waals surface area contributed by atoms with Gasteiger partial charge in [-0.2, -0.15) is 0 Å². The standard InChI is InChI=1S/C19H21IN2O3/c20-13-10-11-18(24)14(12-13)17(23)8-2-1-3-9-19(25)22-16-7-5-4-6-15(16)21/h3-7,9-12,17,23-24H,1-2,8,21H2,(H,22,25)/b9-3+/t17-/m0/s1. The number of rotatable bonds is 7. The molecule has 0 aliphatic carbocycles. The number of unbranched alkanes of at least 4 members (excludes halogenated alkanes) is 1. The van der Waals surface area contributed by atoms with E-state index in [0.29, 0.717) is 36.2 Å². The number of para-hydroxylation sites is 2. The van der Waals surface area contributed by atoms with E-state index in [0.717, 1.165) is 3.57 Å². The van der Waals surface area contributed by atoms with Gasteiger partial charge in [0.05, 0.1) is 17.5 Å². The van der Waals surface area contributed by atoms with E-state index in [9.17, 15) is 15.0 Å². The fraction of sp³-hybridized carbons (Fsp3) is 0.211. The first-order chi connectivity index (χ1) is 12.0. The molecule has 1 amide bonds. The second kappa shape index (κ2) is 9.43. The number of benzene rings is 2. The summed E-state index contributed by atoms with van der Waals surface area (Å²) in [6.45, 7) is 0. The van der Waals surface area contributed by atoms with Crippen molar-refractivity contribution in [3.63, 3.8) is 0 Å². The zero-order valence-electron chi connectivity index (χ0n) is 13.7. The van der Waals surface area contributed by atoms with Crippen molar-refractivity contribution >= 4 is 39.9 Å². The summed E-state index contributed by atoms with van der Waals surface area (Å²) < 4.78 is 0.959. The first-order valence-electron chi connectivity index (χ1n) is 7.96. The molecule has 0 saturated heterocycles. The maximum Gasteiger partial charge on any atom is 0.248 e. The molecule has 5 nitrogen and oxygen atoms in total. The van der Waals surface area contributed by atoms with E-state index in [4.69, 9.17) is 5.73 Å². The summed E-state index contributed by atoms with van der Waals surface area (Å²) in [5.41, 5.74) is 7.41. The summed E-state index contributed by atoms with van der Waals surface area (Å²) in [6.07, 6.45) is 4.35. The Bertz CT molecular complexity index is 762. The van der Waals surface area contributed by atoms with Gasteiger partial charge in [0.25, 0.3) is 0 Å². The van der Waals surface area contributed by atoms with Crippen LogP contribution >= 0.6 is 22.6 Å². The third kappa shape index (κ3) is 6.06. The van der Waals surface area contributed by atoms with Gasteiger partial charge in [-0.1, -0.05) is 18.2 Å². The van der Waals surface area contributed by atoms with Crippen LogP contribution in [0.25, 0.3) is 0 Å². The smallest absolute Gasteiger partial charge is 0.248 e. The molecule has 2 rings (SSSR count). The van der Waals surface area contributed by atoms with Crippen molar-refractivity contribution in [3.8, 4) is 5.75 Å². The van der Waals surface area contributed by atoms with Gasteiger partial charge in [0.1, 0.15) is 5.75 Å². The number of phenolic OH excluding ortho intramolecular Hbond substituents is 1. The first kappa shape index (κ1) is 19.3. The molecule has 0 radical (unpaired) electrons. The second-order valence-electron chi connectivity index (χ2n) is 5.63. The highest BCUT2D eigenvalue weighted by Crippen LogP contribution is 2.29. The molecule has 1 atom stereocenters. The molecule has 2 aromatic carbocycles. The molecule has 6 heteroatoms. The third-order valence-electron chi connectivity index (χ3n) is 3.68. The molecule has 0 saturated carbocycles. The number of hydrogen-bond donors (Lipinski definition) is 4. The number of nitrogens with two attached hydrogens (primary N) is 1. The fourth-order valence-electron chi connectivity index (χ4n) is 2.35. The first-order valence-corrected chi connectivity index (χ1v) is 9.03.